The number of nitrogens with zero attached hydrogens (tertiary/aromatic N) is 1. The predicted octanol–water partition coefficient (Wildman–Crippen LogP) is 3.20. The van der Waals surface area contributed by atoms with Gasteiger partial charge in [-0.25, -0.2) is 13.1 Å². The van der Waals surface area contributed by atoms with Crippen molar-refractivity contribution in [3.05, 3.63) is 29.8 Å². The Labute approximate surface area is 191 Å². The number of benzene rings is 1. The minimum atomic E-state index is -3.36. The third kappa shape index (κ3) is 6.02. The molecule has 2 atom stereocenters. The molecular weight excluding hydrogens is 428 g/mol. The van der Waals surface area contributed by atoms with Crippen molar-refractivity contribution < 1.29 is 22.7 Å². The molecule has 1 aliphatic carbocycles. The molecule has 0 spiro atoms. The number of sulfonamides is 1. The maximum atomic E-state index is 13.1. The molecule has 7 nitrogen and oxygen atoms in total. The lowest BCUT2D eigenvalue weighted by Gasteiger charge is -2.42. The van der Waals surface area contributed by atoms with Crippen LogP contribution in [0, 0.1) is 0 Å². The molecule has 1 saturated carbocycles. The van der Waals surface area contributed by atoms with Crippen LogP contribution in [0.25, 0.3) is 0 Å². The highest BCUT2D eigenvalue weighted by atomic mass is 32.2. The van der Waals surface area contributed by atoms with Crippen LogP contribution in [0.4, 0.5) is 0 Å². The Morgan fingerprint density at radius 3 is 2.59 bits per heavy atom. The summed E-state index contributed by atoms with van der Waals surface area (Å²) in [6.45, 7) is 1.64. The van der Waals surface area contributed by atoms with Crippen LogP contribution >= 0.6 is 0 Å². The number of piperidine rings is 1. The first-order chi connectivity index (χ1) is 15.4. The topological polar surface area (TPSA) is 84.9 Å². The van der Waals surface area contributed by atoms with Crippen LogP contribution in [0.5, 0.6) is 5.75 Å². The van der Waals surface area contributed by atoms with E-state index >= 15 is 0 Å². The van der Waals surface area contributed by atoms with Gasteiger partial charge in [-0.1, -0.05) is 18.2 Å². The van der Waals surface area contributed by atoms with Gasteiger partial charge in [0.15, 0.2) is 0 Å². The Morgan fingerprint density at radius 1 is 1.03 bits per heavy atom. The van der Waals surface area contributed by atoms with E-state index in [1.165, 1.54) is 11.8 Å². The molecule has 1 unspecified atom stereocenters. The number of carbonyl (C=O) groups is 1. The second kappa shape index (κ2) is 10.5. The number of hydrogen-bond donors (Lipinski definition) is 1. The second-order valence-electron chi connectivity index (χ2n) is 9.44. The Morgan fingerprint density at radius 2 is 1.81 bits per heavy atom. The molecule has 0 radical (unpaired) electrons. The van der Waals surface area contributed by atoms with Crippen molar-refractivity contribution in [2.75, 3.05) is 26.0 Å². The number of fused-ring (bicyclic) bond motifs is 8. The van der Waals surface area contributed by atoms with Crippen molar-refractivity contribution in [3.63, 3.8) is 0 Å². The van der Waals surface area contributed by atoms with Gasteiger partial charge in [0.25, 0.3) is 0 Å². The molecule has 32 heavy (non-hydrogen) atoms. The Bertz CT molecular complexity index is 882. The van der Waals surface area contributed by atoms with Gasteiger partial charge in [0.1, 0.15) is 5.75 Å². The van der Waals surface area contributed by atoms with Crippen LogP contribution in [0.1, 0.15) is 69.3 Å². The zero-order chi connectivity index (χ0) is 22.6. The van der Waals surface area contributed by atoms with Crippen LogP contribution in [-0.4, -0.2) is 63.4 Å². The summed E-state index contributed by atoms with van der Waals surface area (Å²) in [5.74, 6) is 1.53. The van der Waals surface area contributed by atoms with Gasteiger partial charge in [-0.2, -0.15) is 0 Å². The standard InChI is InChI=1S/C24H36N2O5S/c1-32(28,29)25-21-8-6-15-26-22(21)17-31-19-13-11-18(12-14-19)20-7-2-3-9-23(20)30-16-5-4-10-24(26)27/h2-3,7,9,18-19,21-22,25H,4-6,8,10-17H2,1H3/t18?,19?,21?,22-/m0/s1. The lowest BCUT2D eigenvalue weighted by Crippen LogP contribution is -2.59. The second-order valence-corrected chi connectivity index (χ2v) is 11.2. The van der Waals surface area contributed by atoms with E-state index in [1.54, 1.807) is 0 Å². The summed E-state index contributed by atoms with van der Waals surface area (Å²) in [5, 5.41) is 0. The number of hydrogen-bond acceptors (Lipinski definition) is 5. The summed E-state index contributed by atoms with van der Waals surface area (Å²) in [6.07, 6.45) is 8.87. The number of nitrogens with one attached hydrogen (secondary N) is 1. The van der Waals surface area contributed by atoms with E-state index in [-0.39, 0.29) is 24.1 Å². The average molecular weight is 465 g/mol. The summed E-state index contributed by atoms with van der Waals surface area (Å²) in [7, 11) is -3.36. The molecule has 1 amide bonds. The van der Waals surface area contributed by atoms with Gasteiger partial charge in [-0.15, -0.1) is 0 Å². The van der Waals surface area contributed by atoms with Gasteiger partial charge in [0.2, 0.25) is 15.9 Å². The van der Waals surface area contributed by atoms with Crippen molar-refractivity contribution in [1.82, 2.24) is 9.62 Å². The number of carbonyl (C=O) groups excluding carboxylic acids is 1. The Hall–Kier alpha value is -1.64. The highest BCUT2D eigenvalue weighted by molar-refractivity contribution is 7.88. The first kappa shape index (κ1) is 23.5. The maximum absolute atomic E-state index is 13.1. The fourth-order valence-corrected chi connectivity index (χ4v) is 6.24. The molecule has 3 aliphatic heterocycles. The van der Waals surface area contributed by atoms with Crippen molar-refractivity contribution in [3.8, 4) is 5.75 Å². The number of amides is 1. The fraction of sp³-hybridized carbons (Fsp3) is 0.708. The summed E-state index contributed by atoms with van der Waals surface area (Å²) in [4.78, 5) is 14.9. The Balaban J connectivity index is 1.51. The van der Waals surface area contributed by atoms with E-state index in [4.69, 9.17) is 9.47 Å². The van der Waals surface area contributed by atoms with Gasteiger partial charge in [-0.05, 0) is 68.9 Å². The SMILES string of the molecule is CS(=O)(=O)NC1CCCN2C(=O)CCCCOc3ccccc3C3CCC(CC3)OC[C@@H]12. The maximum Gasteiger partial charge on any atom is 0.222 e. The molecule has 2 fully saturated rings. The van der Waals surface area contributed by atoms with Crippen molar-refractivity contribution in [1.29, 1.82) is 0 Å². The number of ether oxygens (including phenoxy) is 2. The molecule has 4 aliphatic rings. The van der Waals surface area contributed by atoms with Crippen LogP contribution in [0.3, 0.4) is 0 Å². The summed E-state index contributed by atoms with van der Waals surface area (Å²) < 4.78 is 39.1. The molecule has 8 heteroatoms. The van der Waals surface area contributed by atoms with E-state index in [2.05, 4.69) is 22.9 Å². The van der Waals surface area contributed by atoms with Crippen molar-refractivity contribution >= 4 is 15.9 Å². The van der Waals surface area contributed by atoms with Crippen LogP contribution in [0.2, 0.25) is 0 Å². The monoisotopic (exact) mass is 464 g/mol. The average Bonchev–Trinajstić information content (AvgIpc) is 2.77. The third-order valence-electron chi connectivity index (χ3n) is 7.04. The van der Waals surface area contributed by atoms with Gasteiger partial charge in [0, 0.05) is 19.0 Å². The molecule has 1 aromatic carbocycles. The normalized spacial score (nSPS) is 30.3. The van der Waals surface area contributed by atoms with Crippen LogP contribution in [0.15, 0.2) is 24.3 Å². The van der Waals surface area contributed by atoms with Crippen molar-refractivity contribution in [2.45, 2.75) is 81.9 Å². The van der Waals surface area contributed by atoms with Crippen LogP contribution in [-0.2, 0) is 19.6 Å². The molecule has 3 heterocycles. The molecule has 2 bridgehead atoms. The first-order valence-electron chi connectivity index (χ1n) is 12.0. The summed E-state index contributed by atoms with van der Waals surface area (Å²) in [5.41, 5.74) is 1.28. The first-order valence-corrected chi connectivity index (χ1v) is 13.9. The quantitative estimate of drug-likeness (QED) is 0.727. The zero-order valence-corrected chi connectivity index (χ0v) is 19.8. The van der Waals surface area contributed by atoms with Crippen LogP contribution < -0.4 is 9.46 Å². The van der Waals surface area contributed by atoms with E-state index < -0.39 is 10.0 Å². The lowest BCUT2D eigenvalue weighted by molar-refractivity contribution is -0.138. The van der Waals surface area contributed by atoms with Gasteiger partial charge in [0.05, 0.1) is 31.6 Å². The fourth-order valence-electron chi connectivity index (χ4n) is 5.41. The number of para-hydroxylation sites is 1. The highest BCUT2D eigenvalue weighted by Gasteiger charge is 2.36. The molecule has 5 rings (SSSR count). The Kier molecular flexibility index (Phi) is 7.74. The molecule has 178 valence electrons. The van der Waals surface area contributed by atoms with Gasteiger partial charge >= 0.3 is 0 Å². The molecular formula is C24H36N2O5S. The number of rotatable bonds is 2. The lowest BCUT2D eigenvalue weighted by atomic mass is 9.82. The van der Waals surface area contributed by atoms with Gasteiger partial charge < -0.3 is 14.4 Å². The van der Waals surface area contributed by atoms with E-state index in [9.17, 15) is 13.2 Å². The zero-order valence-electron chi connectivity index (χ0n) is 19.0. The summed E-state index contributed by atoms with van der Waals surface area (Å²) in [6, 6.07) is 7.78. The molecule has 1 saturated heterocycles. The smallest absolute Gasteiger partial charge is 0.222 e. The van der Waals surface area contributed by atoms with E-state index in [0.717, 1.165) is 57.1 Å². The van der Waals surface area contributed by atoms with E-state index in [1.807, 2.05) is 11.0 Å². The van der Waals surface area contributed by atoms with Gasteiger partial charge in [-0.3, -0.25) is 4.79 Å². The summed E-state index contributed by atoms with van der Waals surface area (Å²) >= 11 is 0. The highest BCUT2D eigenvalue weighted by Crippen LogP contribution is 2.38. The predicted molar refractivity (Wildman–Crippen MR) is 123 cm³/mol. The minimum Gasteiger partial charge on any atom is -0.493 e. The largest absolute Gasteiger partial charge is 0.493 e. The molecule has 0 aromatic heterocycles. The minimum absolute atomic E-state index is 0.0785. The molecule has 1 aromatic rings. The van der Waals surface area contributed by atoms with E-state index in [0.29, 0.717) is 32.1 Å². The van der Waals surface area contributed by atoms with Crippen molar-refractivity contribution in [2.24, 2.45) is 0 Å². The third-order valence-corrected chi connectivity index (χ3v) is 7.77. The molecule has 1 N–H and O–H groups in total.